The van der Waals surface area contributed by atoms with E-state index in [9.17, 15) is 10.2 Å². The Balaban J connectivity index is 1.97. The highest BCUT2D eigenvalue weighted by atomic mass is 16.5. The minimum Gasteiger partial charge on any atom is -0.475 e. The molecular weight excluding hydrogens is 314 g/mol. The number of rotatable bonds is 5. The molecule has 9 nitrogen and oxygen atoms in total. The molecule has 3 rings (SSSR count). The Morgan fingerprint density at radius 3 is 2.92 bits per heavy atom. The number of aryl methyl sites for hydroxylation is 1. The van der Waals surface area contributed by atoms with Crippen LogP contribution in [-0.2, 0) is 4.74 Å². The van der Waals surface area contributed by atoms with Crippen LogP contribution >= 0.6 is 0 Å². The third-order valence-corrected chi connectivity index (χ3v) is 4.09. The molecule has 128 valence electrons. The fraction of sp³-hybridized carbons (Fsp3) is 0.600. The van der Waals surface area contributed by atoms with E-state index in [4.69, 9.17) is 14.7 Å². The number of hydrogen-bond donors (Lipinski definition) is 2. The highest BCUT2D eigenvalue weighted by molar-refractivity contribution is 5.76. The van der Waals surface area contributed by atoms with E-state index >= 15 is 0 Å². The summed E-state index contributed by atoms with van der Waals surface area (Å²) in [4.78, 5) is 12.9. The van der Waals surface area contributed by atoms with E-state index in [1.54, 1.807) is 17.8 Å². The van der Waals surface area contributed by atoms with Gasteiger partial charge in [0, 0.05) is 5.92 Å². The van der Waals surface area contributed by atoms with Gasteiger partial charge >= 0.3 is 0 Å². The number of aromatic nitrogens is 4. The van der Waals surface area contributed by atoms with Gasteiger partial charge in [-0.3, -0.25) is 4.57 Å². The summed E-state index contributed by atoms with van der Waals surface area (Å²) in [5.41, 5.74) is 0.994. The smallest absolute Gasteiger partial charge is 0.245 e. The van der Waals surface area contributed by atoms with Crippen molar-refractivity contribution < 1.29 is 19.7 Å². The normalized spacial score (nSPS) is 26.6. The quantitative estimate of drug-likeness (QED) is 0.749. The lowest BCUT2D eigenvalue weighted by atomic mass is 10.0. The minimum atomic E-state index is -0.772. The first-order valence-corrected chi connectivity index (χ1v) is 7.72. The maximum absolute atomic E-state index is 10.1. The van der Waals surface area contributed by atoms with Crippen molar-refractivity contribution in [2.24, 2.45) is 5.92 Å². The third-order valence-electron chi connectivity index (χ3n) is 4.09. The van der Waals surface area contributed by atoms with Gasteiger partial charge in [0.2, 0.25) is 5.88 Å². The molecule has 1 fully saturated rings. The maximum atomic E-state index is 10.1. The summed E-state index contributed by atoms with van der Waals surface area (Å²) in [6, 6.07) is 2.01. The molecule has 1 unspecified atom stereocenters. The van der Waals surface area contributed by atoms with E-state index < -0.39 is 18.4 Å². The standard InChI is InChI=1S/C15H19N5O4/c1-8-12(22)10(6-21)24-15(8)20-7-17-11-13(20)18-9(2)19-14(11)23-5-3-4-16/h7-8,10,12,15,21-22H,3,5-6H2,1-2H3/t8?,10-,12-,15-/m1/s1. The van der Waals surface area contributed by atoms with Crippen LogP contribution in [0, 0.1) is 24.2 Å². The summed E-state index contributed by atoms with van der Waals surface area (Å²) in [6.45, 7) is 3.54. The maximum Gasteiger partial charge on any atom is 0.245 e. The predicted octanol–water partition coefficient (Wildman–Crippen LogP) is 0.314. The van der Waals surface area contributed by atoms with Crippen LogP contribution in [-0.4, -0.2) is 55.2 Å². The molecule has 0 radical (unpaired) electrons. The van der Waals surface area contributed by atoms with E-state index in [-0.39, 0.29) is 25.6 Å². The zero-order chi connectivity index (χ0) is 17.3. The van der Waals surface area contributed by atoms with Crippen LogP contribution in [0.4, 0.5) is 0 Å². The first-order valence-electron chi connectivity index (χ1n) is 7.72. The van der Waals surface area contributed by atoms with E-state index in [2.05, 4.69) is 15.0 Å². The number of nitriles is 1. The molecule has 9 heteroatoms. The lowest BCUT2D eigenvalue weighted by Crippen LogP contribution is -2.28. The summed E-state index contributed by atoms with van der Waals surface area (Å²) >= 11 is 0. The van der Waals surface area contributed by atoms with Crippen LogP contribution in [0.15, 0.2) is 6.33 Å². The average molecular weight is 333 g/mol. The summed E-state index contributed by atoms with van der Waals surface area (Å²) in [6.07, 6.45) is -0.103. The van der Waals surface area contributed by atoms with Gasteiger partial charge in [0.1, 0.15) is 24.8 Å². The van der Waals surface area contributed by atoms with E-state index in [1.807, 2.05) is 13.0 Å². The second-order valence-electron chi connectivity index (χ2n) is 5.75. The molecule has 0 aliphatic carbocycles. The third kappa shape index (κ3) is 2.80. The Hall–Kier alpha value is -2.28. The zero-order valence-corrected chi connectivity index (χ0v) is 13.5. The number of aliphatic hydroxyl groups excluding tert-OH is 2. The van der Waals surface area contributed by atoms with E-state index in [0.717, 1.165) is 0 Å². The predicted molar refractivity (Wildman–Crippen MR) is 82.0 cm³/mol. The SMILES string of the molecule is Cc1nc(OCCC#N)c2ncn([C@@H]3O[C@H](CO)[C@H](O)C3C)c2n1. The van der Waals surface area contributed by atoms with Crippen molar-refractivity contribution in [3.63, 3.8) is 0 Å². The highest BCUT2D eigenvalue weighted by Crippen LogP contribution is 2.36. The summed E-state index contributed by atoms with van der Waals surface area (Å²) in [7, 11) is 0. The molecular formula is C15H19N5O4. The Morgan fingerprint density at radius 1 is 1.46 bits per heavy atom. The van der Waals surface area contributed by atoms with Crippen LogP contribution in [0.1, 0.15) is 25.4 Å². The van der Waals surface area contributed by atoms with Crippen molar-refractivity contribution >= 4 is 11.2 Å². The molecule has 0 aromatic carbocycles. The number of nitrogens with zero attached hydrogens (tertiary/aromatic N) is 5. The summed E-state index contributed by atoms with van der Waals surface area (Å²) in [5, 5.41) is 28.1. The lowest BCUT2D eigenvalue weighted by molar-refractivity contribution is -0.0447. The van der Waals surface area contributed by atoms with Crippen LogP contribution < -0.4 is 4.74 Å². The van der Waals surface area contributed by atoms with Crippen LogP contribution in [0.2, 0.25) is 0 Å². The Morgan fingerprint density at radius 2 is 2.25 bits per heavy atom. The van der Waals surface area contributed by atoms with E-state index in [1.165, 1.54) is 0 Å². The molecule has 0 bridgehead atoms. The molecule has 3 heterocycles. The van der Waals surface area contributed by atoms with Crippen LogP contribution in [0.25, 0.3) is 11.2 Å². The number of imidazole rings is 1. The number of ether oxygens (including phenoxy) is 2. The van der Waals surface area contributed by atoms with Crippen LogP contribution in [0.3, 0.4) is 0 Å². The number of aliphatic hydroxyl groups is 2. The van der Waals surface area contributed by atoms with Crippen molar-refractivity contribution in [2.75, 3.05) is 13.2 Å². The topological polar surface area (TPSA) is 126 Å². The van der Waals surface area contributed by atoms with Gasteiger partial charge in [-0.1, -0.05) is 6.92 Å². The second-order valence-corrected chi connectivity index (χ2v) is 5.75. The summed E-state index contributed by atoms with van der Waals surface area (Å²) < 4.78 is 13.0. The molecule has 2 aromatic heterocycles. The molecule has 0 saturated carbocycles. The monoisotopic (exact) mass is 333 g/mol. The van der Waals surface area contributed by atoms with Gasteiger partial charge < -0.3 is 19.7 Å². The van der Waals surface area contributed by atoms with Crippen molar-refractivity contribution in [1.82, 2.24) is 19.5 Å². The number of hydrogen-bond acceptors (Lipinski definition) is 8. The van der Waals surface area contributed by atoms with Gasteiger partial charge in [0.05, 0.1) is 31.5 Å². The van der Waals surface area contributed by atoms with Crippen molar-refractivity contribution in [2.45, 2.75) is 38.7 Å². The fourth-order valence-electron chi connectivity index (χ4n) is 2.84. The van der Waals surface area contributed by atoms with Gasteiger partial charge in [-0.2, -0.15) is 10.2 Å². The zero-order valence-electron chi connectivity index (χ0n) is 13.5. The molecule has 2 aromatic rings. The molecule has 1 aliphatic heterocycles. The largest absolute Gasteiger partial charge is 0.475 e. The Kier molecular flexibility index (Phi) is 4.62. The van der Waals surface area contributed by atoms with Gasteiger partial charge in [-0.05, 0) is 6.92 Å². The van der Waals surface area contributed by atoms with Gasteiger partial charge in [-0.25, -0.2) is 9.97 Å². The van der Waals surface area contributed by atoms with Crippen molar-refractivity contribution in [3.05, 3.63) is 12.2 Å². The Bertz CT molecular complexity index is 771. The minimum absolute atomic E-state index is 0.219. The molecule has 2 N–H and O–H groups in total. The molecule has 1 aliphatic rings. The van der Waals surface area contributed by atoms with Crippen LogP contribution in [0.5, 0.6) is 5.88 Å². The van der Waals surface area contributed by atoms with Gasteiger partial charge in [-0.15, -0.1) is 0 Å². The number of fused-ring (bicyclic) bond motifs is 1. The fourth-order valence-corrected chi connectivity index (χ4v) is 2.84. The molecule has 0 amide bonds. The average Bonchev–Trinajstić information content (AvgIpc) is 3.10. The van der Waals surface area contributed by atoms with Gasteiger partial charge in [0.15, 0.2) is 11.2 Å². The molecule has 4 atom stereocenters. The molecule has 1 saturated heterocycles. The van der Waals surface area contributed by atoms with E-state index in [0.29, 0.717) is 22.9 Å². The van der Waals surface area contributed by atoms with Crippen molar-refractivity contribution in [3.8, 4) is 11.9 Å². The first-order chi connectivity index (χ1) is 11.6. The molecule has 24 heavy (non-hydrogen) atoms. The lowest BCUT2D eigenvalue weighted by Gasteiger charge is -2.17. The second kappa shape index (κ2) is 6.68. The molecule has 0 spiro atoms. The van der Waals surface area contributed by atoms with Crippen molar-refractivity contribution in [1.29, 1.82) is 5.26 Å². The summed E-state index contributed by atoms with van der Waals surface area (Å²) in [5.74, 6) is 0.579. The first kappa shape index (κ1) is 16.6. The van der Waals surface area contributed by atoms with Gasteiger partial charge in [0.25, 0.3) is 0 Å². The Labute approximate surface area is 138 Å². The highest BCUT2D eigenvalue weighted by Gasteiger charge is 2.42.